The van der Waals surface area contributed by atoms with Crippen molar-refractivity contribution in [3.63, 3.8) is 0 Å². The molecule has 5 heteroatoms. The highest BCUT2D eigenvalue weighted by atomic mass is 28.1. The van der Waals surface area contributed by atoms with Crippen molar-refractivity contribution >= 4 is 10.2 Å². The number of hydrogen-bond acceptors (Lipinski definition) is 4. The van der Waals surface area contributed by atoms with E-state index in [4.69, 9.17) is 18.9 Å². The third-order valence-electron chi connectivity index (χ3n) is 1.98. The Hall–Kier alpha value is 0.0569. The largest absolute Gasteiger partial charge is 0.379 e. The zero-order valence-corrected chi connectivity index (χ0v) is 11.7. The lowest BCUT2D eigenvalue weighted by molar-refractivity contribution is -0.306. The lowest BCUT2D eigenvalue weighted by Crippen LogP contribution is -2.38. The third kappa shape index (κ3) is 6.50. The first kappa shape index (κ1) is 14.1. The highest BCUT2D eigenvalue weighted by molar-refractivity contribution is 6.12. The summed E-state index contributed by atoms with van der Waals surface area (Å²) in [6.07, 6.45) is 2.25. The van der Waals surface area contributed by atoms with E-state index in [1.807, 2.05) is 0 Å². The standard InChI is InChI=1S/C9H22O4Si/c1-4-5-6-12-7-8-13-9(14,10-2)11-3/h4-8H2,1-3,14H3. The van der Waals surface area contributed by atoms with Crippen LogP contribution in [0.2, 0.25) is 0 Å². The van der Waals surface area contributed by atoms with Crippen molar-refractivity contribution in [2.75, 3.05) is 34.0 Å². The van der Waals surface area contributed by atoms with Gasteiger partial charge in [0, 0.05) is 20.8 Å². The SMILES string of the molecule is CCCCOCCOC([SiH3])(OC)OC. The van der Waals surface area contributed by atoms with E-state index in [1.54, 1.807) is 14.2 Å². The second kappa shape index (κ2) is 8.37. The van der Waals surface area contributed by atoms with E-state index in [-0.39, 0.29) is 0 Å². The molecule has 0 aliphatic heterocycles. The molecule has 0 aromatic rings. The maximum Gasteiger partial charge on any atom is 0.245 e. The molecule has 0 N–H and O–H groups in total. The minimum absolute atomic E-state index is 0.509. The molecule has 0 rings (SSSR count). The summed E-state index contributed by atoms with van der Waals surface area (Å²) >= 11 is 0. The van der Waals surface area contributed by atoms with E-state index in [0.29, 0.717) is 23.5 Å². The van der Waals surface area contributed by atoms with E-state index in [2.05, 4.69) is 6.92 Å². The fourth-order valence-corrected chi connectivity index (χ4v) is 1.04. The second-order valence-corrected chi connectivity index (χ2v) is 4.31. The number of unbranched alkanes of at least 4 members (excludes halogenated alkanes) is 1. The monoisotopic (exact) mass is 222 g/mol. The molecule has 0 aliphatic carbocycles. The van der Waals surface area contributed by atoms with Crippen LogP contribution in [0.3, 0.4) is 0 Å². The van der Waals surface area contributed by atoms with Crippen LogP contribution in [0.15, 0.2) is 0 Å². The predicted octanol–water partition coefficient (Wildman–Crippen LogP) is 0.0892. The van der Waals surface area contributed by atoms with Crippen LogP contribution >= 0.6 is 0 Å². The Kier molecular flexibility index (Phi) is 8.41. The topological polar surface area (TPSA) is 36.9 Å². The normalized spacial score (nSPS) is 12.2. The zero-order valence-electron chi connectivity index (χ0n) is 9.67. The van der Waals surface area contributed by atoms with Crippen LogP contribution in [0, 0.1) is 0 Å². The van der Waals surface area contributed by atoms with E-state index in [1.165, 1.54) is 0 Å². The van der Waals surface area contributed by atoms with Crippen molar-refractivity contribution < 1.29 is 18.9 Å². The molecular formula is C9H22O4Si. The van der Waals surface area contributed by atoms with Crippen LogP contribution in [-0.2, 0) is 18.9 Å². The van der Waals surface area contributed by atoms with Gasteiger partial charge in [0.25, 0.3) is 0 Å². The summed E-state index contributed by atoms with van der Waals surface area (Å²) in [7, 11) is 3.82. The minimum atomic E-state index is -0.811. The summed E-state index contributed by atoms with van der Waals surface area (Å²) < 4.78 is 20.9. The number of hydrogen-bond donors (Lipinski definition) is 0. The van der Waals surface area contributed by atoms with Gasteiger partial charge in [0.2, 0.25) is 5.60 Å². The maximum absolute atomic E-state index is 5.40. The molecule has 0 aromatic heterocycles. The molecule has 0 heterocycles. The molecule has 0 fully saturated rings. The first-order valence-electron chi connectivity index (χ1n) is 5.00. The molecule has 0 unspecified atom stereocenters. The van der Waals surface area contributed by atoms with Crippen LogP contribution in [0.5, 0.6) is 0 Å². The highest BCUT2D eigenvalue weighted by Gasteiger charge is 2.22. The molecule has 14 heavy (non-hydrogen) atoms. The molecule has 0 aliphatic rings. The minimum Gasteiger partial charge on any atom is -0.379 e. The molecule has 0 saturated carbocycles. The Balaban J connectivity index is 3.34. The first-order chi connectivity index (χ1) is 6.68. The highest BCUT2D eigenvalue weighted by Crippen LogP contribution is 2.06. The first-order valence-corrected chi connectivity index (χ1v) is 6.00. The van der Waals surface area contributed by atoms with Gasteiger partial charge in [-0.2, -0.15) is 0 Å². The Labute approximate surface area is 89.3 Å². The molecule has 0 atom stereocenters. The van der Waals surface area contributed by atoms with Gasteiger partial charge >= 0.3 is 0 Å². The lowest BCUT2D eigenvalue weighted by atomic mass is 10.4. The predicted molar refractivity (Wildman–Crippen MR) is 58.4 cm³/mol. The Morgan fingerprint density at radius 3 is 2.21 bits per heavy atom. The fourth-order valence-electron chi connectivity index (χ4n) is 0.836. The molecule has 86 valence electrons. The van der Waals surface area contributed by atoms with Crippen molar-refractivity contribution in [3.8, 4) is 0 Å². The average molecular weight is 222 g/mol. The molecule has 0 amide bonds. The van der Waals surface area contributed by atoms with Gasteiger partial charge in [0.05, 0.1) is 13.2 Å². The van der Waals surface area contributed by atoms with Gasteiger partial charge in [-0.1, -0.05) is 13.3 Å². The summed E-state index contributed by atoms with van der Waals surface area (Å²) in [5.41, 5.74) is -0.811. The molecule has 4 nitrogen and oxygen atoms in total. The second-order valence-electron chi connectivity index (χ2n) is 3.09. The molecule has 0 bridgehead atoms. The van der Waals surface area contributed by atoms with E-state index in [0.717, 1.165) is 19.4 Å². The van der Waals surface area contributed by atoms with Gasteiger partial charge in [0.15, 0.2) is 0 Å². The summed E-state index contributed by atoms with van der Waals surface area (Å²) in [4.78, 5) is 0. The van der Waals surface area contributed by atoms with E-state index in [9.17, 15) is 0 Å². The van der Waals surface area contributed by atoms with E-state index < -0.39 is 5.60 Å². The molecule has 0 radical (unpaired) electrons. The number of rotatable bonds is 9. The van der Waals surface area contributed by atoms with Crippen LogP contribution < -0.4 is 0 Å². The molecule has 0 aromatic carbocycles. The Bertz CT molecular complexity index is 128. The van der Waals surface area contributed by atoms with Gasteiger partial charge in [-0.25, -0.2) is 0 Å². The van der Waals surface area contributed by atoms with Crippen LogP contribution in [0.4, 0.5) is 0 Å². The third-order valence-corrected chi connectivity index (χ3v) is 3.08. The molecular weight excluding hydrogens is 200 g/mol. The Morgan fingerprint density at radius 1 is 1.07 bits per heavy atom. The summed E-state index contributed by atoms with van der Waals surface area (Å²) in [6.45, 7) is 4.04. The number of methoxy groups -OCH3 is 2. The maximum atomic E-state index is 5.40. The summed E-state index contributed by atoms with van der Waals surface area (Å²) in [5, 5.41) is 0. The number of ether oxygens (including phenoxy) is 4. The molecule has 0 saturated heterocycles. The van der Waals surface area contributed by atoms with Gasteiger partial charge < -0.3 is 18.9 Å². The van der Waals surface area contributed by atoms with Crippen LogP contribution in [-0.4, -0.2) is 49.9 Å². The summed E-state index contributed by atoms with van der Waals surface area (Å²) in [5.74, 6) is 0. The van der Waals surface area contributed by atoms with Crippen molar-refractivity contribution in [2.24, 2.45) is 0 Å². The van der Waals surface area contributed by atoms with Gasteiger partial charge in [-0.15, -0.1) is 0 Å². The average Bonchev–Trinajstić information content (AvgIpc) is 2.23. The van der Waals surface area contributed by atoms with Crippen LogP contribution in [0.25, 0.3) is 0 Å². The van der Waals surface area contributed by atoms with Crippen molar-refractivity contribution in [2.45, 2.75) is 25.4 Å². The Morgan fingerprint density at radius 2 is 1.71 bits per heavy atom. The van der Waals surface area contributed by atoms with Gasteiger partial charge in [0.1, 0.15) is 10.2 Å². The van der Waals surface area contributed by atoms with Gasteiger partial charge in [-0.05, 0) is 6.42 Å². The smallest absolute Gasteiger partial charge is 0.245 e. The lowest BCUT2D eigenvalue weighted by Gasteiger charge is -2.26. The fraction of sp³-hybridized carbons (Fsp3) is 1.00. The summed E-state index contributed by atoms with van der Waals surface area (Å²) in [6, 6.07) is 0. The molecule has 0 spiro atoms. The van der Waals surface area contributed by atoms with Crippen LogP contribution in [0.1, 0.15) is 19.8 Å². The van der Waals surface area contributed by atoms with Gasteiger partial charge in [-0.3, -0.25) is 0 Å². The van der Waals surface area contributed by atoms with Crippen molar-refractivity contribution in [1.82, 2.24) is 0 Å². The van der Waals surface area contributed by atoms with Crippen molar-refractivity contribution in [1.29, 1.82) is 0 Å². The van der Waals surface area contributed by atoms with E-state index >= 15 is 0 Å². The quantitative estimate of drug-likeness (QED) is 0.315. The zero-order chi connectivity index (χ0) is 10.9. The van der Waals surface area contributed by atoms with Crippen molar-refractivity contribution in [3.05, 3.63) is 0 Å².